The highest BCUT2D eigenvalue weighted by Gasteiger charge is 2.36. The molecule has 2 heterocycles. The van der Waals surface area contributed by atoms with Crippen LogP contribution in [0.5, 0.6) is 5.75 Å². The molecule has 3 heteroatoms. The molecule has 39 heavy (non-hydrogen) atoms. The van der Waals surface area contributed by atoms with Crippen molar-refractivity contribution in [1.29, 1.82) is 0 Å². The second kappa shape index (κ2) is 8.64. The summed E-state index contributed by atoms with van der Waals surface area (Å²) >= 11 is 0. The fraction of sp³-hybridized carbons (Fsp3) is 0.222. The lowest BCUT2D eigenvalue weighted by molar-refractivity contribution is 0.299. The summed E-state index contributed by atoms with van der Waals surface area (Å²) in [6.45, 7) is 7.03. The van der Waals surface area contributed by atoms with Gasteiger partial charge in [0.1, 0.15) is 11.5 Å². The van der Waals surface area contributed by atoms with Crippen molar-refractivity contribution >= 4 is 21.8 Å². The molecule has 0 spiro atoms. The van der Waals surface area contributed by atoms with Gasteiger partial charge in [0.25, 0.3) is 0 Å². The van der Waals surface area contributed by atoms with Gasteiger partial charge in [0, 0.05) is 22.1 Å². The van der Waals surface area contributed by atoms with Crippen molar-refractivity contribution < 1.29 is 9.47 Å². The van der Waals surface area contributed by atoms with Crippen LogP contribution in [-0.2, 0) is 10.2 Å². The SMILES string of the molecule is COC1=CC(C)C(c2cc3c4c(c2)c2cc(-c5ccc(OC)cc5)ccc2n4-c2ccccc2C3(C)C)C=C1. The molecule has 3 nitrogen and oxygen atoms in total. The van der Waals surface area contributed by atoms with Gasteiger partial charge in [0.15, 0.2) is 0 Å². The summed E-state index contributed by atoms with van der Waals surface area (Å²) in [5.74, 6) is 2.45. The number of allylic oxidation sites excluding steroid dienone is 3. The van der Waals surface area contributed by atoms with Gasteiger partial charge in [-0.3, -0.25) is 0 Å². The Kier molecular flexibility index (Phi) is 5.28. The molecule has 2 aliphatic rings. The summed E-state index contributed by atoms with van der Waals surface area (Å²) in [5.41, 5.74) is 10.2. The number of rotatable bonds is 4. The number of para-hydroxylation sites is 1. The van der Waals surface area contributed by atoms with E-state index < -0.39 is 0 Å². The summed E-state index contributed by atoms with van der Waals surface area (Å²) in [4.78, 5) is 0. The minimum Gasteiger partial charge on any atom is -0.497 e. The fourth-order valence-corrected chi connectivity index (χ4v) is 6.74. The molecule has 0 amide bonds. The summed E-state index contributed by atoms with van der Waals surface area (Å²) in [7, 11) is 3.45. The van der Waals surface area contributed by atoms with Crippen LogP contribution >= 0.6 is 0 Å². The van der Waals surface area contributed by atoms with E-state index in [9.17, 15) is 0 Å². The highest BCUT2D eigenvalue weighted by molar-refractivity contribution is 6.13. The van der Waals surface area contributed by atoms with Gasteiger partial charge in [0.2, 0.25) is 0 Å². The molecule has 2 atom stereocenters. The second-order valence-electron chi connectivity index (χ2n) is 11.4. The van der Waals surface area contributed by atoms with E-state index in [1.165, 1.54) is 55.3 Å². The number of hydrogen-bond acceptors (Lipinski definition) is 2. The van der Waals surface area contributed by atoms with E-state index in [0.29, 0.717) is 11.8 Å². The van der Waals surface area contributed by atoms with Gasteiger partial charge in [-0.15, -0.1) is 0 Å². The first kappa shape index (κ1) is 23.8. The van der Waals surface area contributed by atoms with Crippen molar-refractivity contribution in [2.45, 2.75) is 32.1 Å². The van der Waals surface area contributed by atoms with Gasteiger partial charge in [-0.2, -0.15) is 0 Å². The average Bonchev–Trinajstić information content (AvgIpc) is 3.29. The van der Waals surface area contributed by atoms with E-state index in [1.807, 2.05) is 12.1 Å². The van der Waals surface area contributed by atoms with E-state index in [4.69, 9.17) is 9.47 Å². The number of ether oxygens (including phenoxy) is 2. The van der Waals surface area contributed by atoms with Gasteiger partial charge in [-0.25, -0.2) is 0 Å². The van der Waals surface area contributed by atoms with E-state index in [-0.39, 0.29) is 5.41 Å². The number of aromatic nitrogens is 1. The second-order valence-corrected chi connectivity index (χ2v) is 11.4. The lowest BCUT2D eigenvalue weighted by atomic mass is 9.72. The lowest BCUT2D eigenvalue weighted by Crippen LogP contribution is -2.26. The molecule has 1 aliphatic carbocycles. The highest BCUT2D eigenvalue weighted by atomic mass is 16.5. The van der Waals surface area contributed by atoms with E-state index in [0.717, 1.165) is 11.5 Å². The Bertz CT molecular complexity index is 1820. The Hall–Kier alpha value is -4.24. The van der Waals surface area contributed by atoms with Crippen molar-refractivity contribution in [3.8, 4) is 22.6 Å². The molecule has 0 saturated heterocycles. The fourth-order valence-electron chi connectivity index (χ4n) is 6.74. The zero-order valence-corrected chi connectivity index (χ0v) is 23.2. The number of hydrogen-bond donors (Lipinski definition) is 0. The molecule has 5 aromatic rings. The van der Waals surface area contributed by atoms with Gasteiger partial charge in [0.05, 0.1) is 30.9 Å². The van der Waals surface area contributed by atoms with E-state index >= 15 is 0 Å². The van der Waals surface area contributed by atoms with Crippen LogP contribution in [0.25, 0.3) is 38.6 Å². The molecule has 0 fully saturated rings. The van der Waals surface area contributed by atoms with Crippen LogP contribution in [0.15, 0.2) is 103 Å². The zero-order chi connectivity index (χ0) is 26.9. The quantitative estimate of drug-likeness (QED) is 0.240. The van der Waals surface area contributed by atoms with Gasteiger partial charge < -0.3 is 14.0 Å². The van der Waals surface area contributed by atoms with Gasteiger partial charge in [-0.05, 0) is 82.3 Å². The molecule has 0 N–H and O–H groups in total. The first-order valence-electron chi connectivity index (χ1n) is 13.7. The number of methoxy groups -OCH3 is 2. The van der Waals surface area contributed by atoms with Gasteiger partial charge >= 0.3 is 0 Å². The van der Waals surface area contributed by atoms with E-state index in [2.05, 4.69) is 110 Å². The summed E-state index contributed by atoms with van der Waals surface area (Å²) in [6.07, 6.45) is 6.67. The lowest BCUT2D eigenvalue weighted by Gasteiger charge is -2.35. The molecule has 194 valence electrons. The van der Waals surface area contributed by atoms with Crippen molar-refractivity contribution in [3.05, 3.63) is 120 Å². The first-order valence-corrected chi connectivity index (χ1v) is 13.7. The third-order valence-electron chi connectivity index (χ3n) is 8.88. The summed E-state index contributed by atoms with van der Waals surface area (Å²) in [5, 5.41) is 2.60. The Morgan fingerprint density at radius 1 is 0.769 bits per heavy atom. The molecule has 1 aromatic heterocycles. The third-order valence-corrected chi connectivity index (χ3v) is 8.88. The topological polar surface area (TPSA) is 23.4 Å². The standard InChI is InChI=1S/C36H33NO2/c1-22-18-27(39-5)15-16-28(22)25-20-30-29-19-24(23-10-13-26(38-4)14-11-23)12-17-33(29)37-34-9-7-6-8-31(34)36(2,3)32(21-25)35(30)37/h6-22,28H,1-5H3. The third kappa shape index (κ3) is 3.49. The first-order chi connectivity index (χ1) is 18.9. The van der Waals surface area contributed by atoms with Crippen LogP contribution in [0.4, 0.5) is 0 Å². The molecule has 0 saturated carbocycles. The Balaban J connectivity index is 1.53. The zero-order valence-electron chi connectivity index (χ0n) is 23.2. The molecule has 0 radical (unpaired) electrons. The van der Waals surface area contributed by atoms with Crippen molar-refractivity contribution in [2.24, 2.45) is 5.92 Å². The molecular formula is C36H33NO2. The maximum absolute atomic E-state index is 5.54. The van der Waals surface area contributed by atoms with Crippen LogP contribution in [0.3, 0.4) is 0 Å². The summed E-state index contributed by atoms with van der Waals surface area (Å²) in [6, 6.07) is 29.1. The number of benzene rings is 4. The largest absolute Gasteiger partial charge is 0.497 e. The van der Waals surface area contributed by atoms with Crippen LogP contribution in [0, 0.1) is 5.92 Å². The monoisotopic (exact) mass is 511 g/mol. The Morgan fingerprint density at radius 2 is 1.54 bits per heavy atom. The molecule has 2 unspecified atom stereocenters. The van der Waals surface area contributed by atoms with Crippen LogP contribution in [0.1, 0.15) is 43.4 Å². The van der Waals surface area contributed by atoms with Crippen LogP contribution < -0.4 is 4.74 Å². The van der Waals surface area contributed by atoms with Gasteiger partial charge in [-0.1, -0.05) is 69.3 Å². The molecular weight excluding hydrogens is 478 g/mol. The maximum Gasteiger partial charge on any atom is 0.118 e. The summed E-state index contributed by atoms with van der Waals surface area (Å²) < 4.78 is 13.4. The van der Waals surface area contributed by atoms with Crippen molar-refractivity contribution in [1.82, 2.24) is 4.57 Å². The predicted molar refractivity (Wildman–Crippen MR) is 161 cm³/mol. The van der Waals surface area contributed by atoms with Crippen molar-refractivity contribution in [2.75, 3.05) is 14.2 Å². The van der Waals surface area contributed by atoms with E-state index in [1.54, 1.807) is 14.2 Å². The minimum absolute atomic E-state index is 0.122. The smallest absolute Gasteiger partial charge is 0.118 e. The van der Waals surface area contributed by atoms with Crippen molar-refractivity contribution in [3.63, 3.8) is 0 Å². The molecule has 7 rings (SSSR count). The van der Waals surface area contributed by atoms with Crippen LogP contribution in [0.2, 0.25) is 0 Å². The number of fused-ring (bicyclic) bond motifs is 5. The predicted octanol–water partition coefficient (Wildman–Crippen LogP) is 8.92. The van der Waals surface area contributed by atoms with Crippen LogP contribution in [-0.4, -0.2) is 18.8 Å². The minimum atomic E-state index is -0.122. The molecule has 0 bridgehead atoms. The number of nitrogens with zero attached hydrogens (tertiary/aromatic N) is 1. The maximum atomic E-state index is 5.54. The average molecular weight is 512 g/mol. The molecule has 1 aliphatic heterocycles. The Morgan fingerprint density at radius 3 is 2.28 bits per heavy atom. The Labute approximate surface area is 230 Å². The normalized spacial score (nSPS) is 19.2. The highest BCUT2D eigenvalue weighted by Crippen LogP contribution is 2.49. The molecule has 4 aromatic carbocycles.